The molecule has 0 unspecified atom stereocenters. The van der Waals surface area contributed by atoms with Crippen LogP contribution in [0.1, 0.15) is 10.4 Å². The van der Waals surface area contributed by atoms with Gasteiger partial charge in [0.25, 0.3) is 5.91 Å². The molecule has 148 valence electrons. The van der Waals surface area contributed by atoms with Gasteiger partial charge >= 0.3 is 0 Å². The van der Waals surface area contributed by atoms with Gasteiger partial charge in [-0.05, 0) is 37.4 Å². The highest BCUT2D eigenvalue weighted by Gasteiger charge is 2.12. The Hall–Kier alpha value is -3.39. The van der Waals surface area contributed by atoms with Crippen LogP contribution in [0.15, 0.2) is 48.5 Å². The number of amides is 3. The summed E-state index contributed by atoms with van der Waals surface area (Å²) in [6.07, 6.45) is 0. The van der Waals surface area contributed by atoms with Crippen LogP contribution in [0.25, 0.3) is 0 Å². The average molecular weight is 384 g/mol. The van der Waals surface area contributed by atoms with Crippen LogP contribution in [0, 0.1) is 0 Å². The number of hydrogen-bond donors (Lipinski definition) is 3. The maximum Gasteiger partial charge on any atom is 0.251 e. The molecule has 2 aromatic carbocycles. The fourth-order valence-corrected chi connectivity index (χ4v) is 2.53. The van der Waals surface area contributed by atoms with E-state index in [0.29, 0.717) is 22.7 Å². The number of carbonyl (C=O) groups excluding carboxylic acids is 3. The largest absolute Gasteiger partial charge is 0.497 e. The Morgan fingerprint density at radius 3 is 2.07 bits per heavy atom. The second kappa shape index (κ2) is 10.1. The van der Waals surface area contributed by atoms with Crippen LogP contribution in [-0.2, 0) is 9.59 Å². The summed E-state index contributed by atoms with van der Waals surface area (Å²) < 4.78 is 5.12. The summed E-state index contributed by atoms with van der Waals surface area (Å²) in [6, 6.07) is 13.7. The minimum Gasteiger partial charge on any atom is -0.497 e. The Morgan fingerprint density at radius 1 is 0.929 bits per heavy atom. The smallest absolute Gasteiger partial charge is 0.251 e. The molecule has 0 bridgehead atoms. The third-order valence-corrected chi connectivity index (χ3v) is 3.82. The Kier molecular flexibility index (Phi) is 7.53. The zero-order valence-corrected chi connectivity index (χ0v) is 16.1. The predicted molar refractivity (Wildman–Crippen MR) is 108 cm³/mol. The van der Waals surface area contributed by atoms with Crippen molar-refractivity contribution in [3.63, 3.8) is 0 Å². The maximum absolute atomic E-state index is 12.2. The average Bonchev–Trinajstić information content (AvgIpc) is 2.67. The van der Waals surface area contributed by atoms with E-state index in [2.05, 4.69) is 16.0 Å². The Bertz CT molecular complexity index is 854. The van der Waals surface area contributed by atoms with Crippen molar-refractivity contribution in [1.29, 1.82) is 0 Å². The van der Waals surface area contributed by atoms with Crippen molar-refractivity contribution in [3.05, 3.63) is 54.1 Å². The molecule has 3 N–H and O–H groups in total. The van der Waals surface area contributed by atoms with Gasteiger partial charge in [-0.2, -0.15) is 0 Å². The topological polar surface area (TPSA) is 99.8 Å². The molecular formula is C20H24N4O4. The monoisotopic (exact) mass is 384 g/mol. The van der Waals surface area contributed by atoms with Crippen molar-refractivity contribution in [2.75, 3.05) is 44.9 Å². The summed E-state index contributed by atoms with van der Waals surface area (Å²) in [4.78, 5) is 37.6. The van der Waals surface area contributed by atoms with Gasteiger partial charge < -0.3 is 20.7 Å². The first-order valence-electron chi connectivity index (χ1n) is 8.65. The molecule has 28 heavy (non-hydrogen) atoms. The fraction of sp³-hybridized carbons (Fsp3) is 0.250. The van der Waals surface area contributed by atoms with Crippen LogP contribution in [0.4, 0.5) is 11.4 Å². The van der Waals surface area contributed by atoms with Crippen LogP contribution in [-0.4, -0.2) is 56.9 Å². The first kappa shape index (κ1) is 20.9. The number of rotatable bonds is 8. The molecule has 0 atom stereocenters. The van der Waals surface area contributed by atoms with Gasteiger partial charge in [-0.1, -0.05) is 12.1 Å². The molecule has 8 nitrogen and oxygen atoms in total. The number of nitrogens with zero attached hydrogens (tertiary/aromatic N) is 1. The van der Waals surface area contributed by atoms with Crippen LogP contribution < -0.4 is 20.7 Å². The molecule has 0 radical (unpaired) electrons. The molecule has 8 heteroatoms. The highest BCUT2D eigenvalue weighted by atomic mass is 16.5. The lowest BCUT2D eigenvalue weighted by molar-refractivity contribution is -0.119. The third kappa shape index (κ3) is 6.40. The summed E-state index contributed by atoms with van der Waals surface area (Å²) in [5.74, 6) is -0.122. The molecule has 3 amide bonds. The lowest BCUT2D eigenvalue weighted by Gasteiger charge is -2.16. The number of benzene rings is 2. The Morgan fingerprint density at radius 2 is 1.50 bits per heavy atom. The molecule has 0 spiro atoms. The number of ether oxygens (including phenoxy) is 1. The van der Waals surface area contributed by atoms with Crippen molar-refractivity contribution in [3.8, 4) is 5.75 Å². The highest BCUT2D eigenvalue weighted by Crippen LogP contribution is 2.16. The maximum atomic E-state index is 12.2. The van der Waals surface area contributed by atoms with Crippen molar-refractivity contribution in [1.82, 2.24) is 10.2 Å². The second-order valence-electron chi connectivity index (χ2n) is 6.16. The van der Waals surface area contributed by atoms with Gasteiger partial charge in [0.15, 0.2) is 0 Å². The molecule has 0 saturated carbocycles. The molecule has 0 aliphatic heterocycles. The van der Waals surface area contributed by atoms with Crippen LogP contribution in [0.2, 0.25) is 0 Å². The molecule has 0 fully saturated rings. The molecule has 0 heterocycles. The van der Waals surface area contributed by atoms with Gasteiger partial charge in [0.2, 0.25) is 11.8 Å². The molecule has 0 aliphatic carbocycles. The fourth-order valence-electron chi connectivity index (χ4n) is 2.53. The summed E-state index contributed by atoms with van der Waals surface area (Å²) >= 11 is 0. The Labute approximate surface area is 163 Å². The van der Waals surface area contributed by atoms with Crippen LogP contribution in [0.5, 0.6) is 5.75 Å². The van der Waals surface area contributed by atoms with E-state index in [0.717, 1.165) is 0 Å². The molecule has 2 aromatic rings. The van der Waals surface area contributed by atoms with E-state index in [1.54, 1.807) is 74.6 Å². The predicted octanol–water partition coefficient (Wildman–Crippen LogP) is 1.56. The van der Waals surface area contributed by atoms with E-state index in [4.69, 9.17) is 4.74 Å². The number of nitrogens with one attached hydrogen (secondary N) is 3. The molecule has 0 saturated heterocycles. The first-order valence-corrected chi connectivity index (χ1v) is 8.65. The van der Waals surface area contributed by atoms with E-state index in [-0.39, 0.29) is 30.8 Å². The zero-order valence-electron chi connectivity index (χ0n) is 16.1. The SMILES string of the molecule is CNC(=O)c1cccc(NC(=O)CN(C)CC(=O)Nc2cccc(OC)c2)c1. The summed E-state index contributed by atoms with van der Waals surface area (Å²) in [5.41, 5.74) is 1.58. The quantitative estimate of drug-likeness (QED) is 0.641. The van der Waals surface area contributed by atoms with E-state index in [1.165, 1.54) is 0 Å². The third-order valence-electron chi connectivity index (χ3n) is 3.82. The van der Waals surface area contributed by atoms with Crippen molar-refractivity contribution >= 4 is 29.1 Å². The van der Waals surface area contributed by atoms with E-state index < -0.39 is 0 Å². The van der Waals surface area contributed by atoms with E-state index in [9.17, 15) is 14.4 Å². The summed E-state index contributed by atoms with van der Waals surface area (Å²) in [7, 11) is 4.77. The van der Waals surface area contributed by atoms with Gasteiger partial charge in [-0.15, -0.1) is 0 Å². The lowest BCUT2D eigenvalue weighted by Crippen LogP contribution is -2.36. The van der Waals surface area contributed by atoms with Gasteiger partial charge in [-0.3, -0.25) is 19.3 Å². The molecule has 0 aromatic heterocycles. The van der Waals surface area contributed by atoms with Gasteiger partial charge in [-0.25, -0.2) is 0 Å². The van der Waals surface area contributed by atoms with Crippen LogP contribution >= 0.6 is 0 Å². The van der Waals surface area contributed by atoms with Crippen LogP contribution in [0.3, 0.4) is 0 Å². The number of likely N-dealkylation sites (N-methyl/N-ethyl adjacent to an activating group) is 1. The molecular weight excluding hydrogens is 360 g/mol. The standard InChI is InChI=1S/C20H24N4O4/c1-21-20(27)14-6-4-7-15(10-14)22-18(25)12-24(2)13-19(26)23-16-8-5-9-17(11-16)28-3/h4-11H,12-13H2,1-3H3,(H,21,27)(H,22,25)(H,23,26). The van der Waals surface area contributed by atoms with Crippen molar-refractivity contribution in [2.24, 2.45) is 0 Å². The van der Waals surface area contributed by atoms with Gasteiger partial charge in [0.05, 0.1) is 20.2 Å². The first-order chi connectivity index (χ1) is 13.4. The molecule has 2 rings (SSSR count). The minimum atomic E-state index is -0.286. The second-order valence-corrected chi connectivity index (χ2v) is 6.16. The van der Waals surface area contributed by atoms with E-state index in [1.807, 2.05) is 0 Å². The number of hydrogen-bond acceptors (Lipinski definition) is 5. The van der Waals surface area contributed by atoms with Gasteiger partial charge in [0.1, 0.15) is 5.75 Å². The van der Waals surface area contributed by atoms with Crippen molar-refractivity contribution < 1.29 is 19.1 Å². The van der Waals surface area contributed by atoms with Crippen molar-refractivity contribution in [2.45, 2.75) is 0 Å². The molecule has 0 aliphatic rings. The number of anilines is 2. The van der Waals surface area contributed by atoms with E-state index >= 15 is 0 Å². The summed E-state index contributed by atoms with van der Waals surface area (Å²) in [5, 5.41) is 8.01. The Balaban J connectivity index is 1.85. The summed E-state index contributed by atoms with van der Waals surface area (Å²) in [6.45, 7) is 0.0681. The minimum absolute atomic E-state index is 0.0235. The number of carbonyl (C=O) groups is 3. The zero-order chi connectivity index (χ0) is 20.5. The normalized spacial score (nSPS) is 10.3. The number of methoxy groups -OCH3 is 1. The lowest BCUT2D eigenvalue weighted by atomic mass is 10.2. The van der Waals surface area contributed by atoms with Gasteiger partial charge in [0, 0.05) is 30.1 Å². The highest BCUT2D eigenvalue weighted by molar-refractivity contribution is 5.98.